The van der Waals surface area contributed by atoms with Crippen LogP contribution in [0.1, 0.15) is 5.82 Å². The van der Waals surface area contributed by atoms with Crippen LogP contribution in [0.5, 0.6) is 0 Å². The van der Waals surface area contributed by atoms with Crippen LogP contribution in [0.15, 0.2) is 30.5 Å². The second-order valence-electron chi connectivity index (χ2n) is 2.74. The summed E-state index contributed by atoms with van der Waals surface area (Å²) in [5.74, 6) is -0.149. The van der Waals surface area contributed by atoms with E-state index in [2.05, 4.69) is 9.97 Å². The number of imidazole rings is 1. The van der Waals surface area contributed by atoms with Gasteiger partial charge in [0.25, 0.3) is 0 Å². The van der Waals surface area contributed by atoms with Gasteiger partial charge in [0.1, 0.15) is 11.9 Å². The molecule has 0 atom stereocenters. The first kappa shape index (κ1) is 8.45. The Kier molecular flexibility index (Phi) is 1.99. The van der Waals surface area contributed by atoms with Gasteiger partial charge >= 0.3 is 0 Å². The van der Waals surface area contributed by atoms with Gasteiger partial charge in [-0.2, -0.15) is 5.26 Å². The molecule has 3 nitrogen and oxygen atoms in total. The van der Waals surface area contributed by atoms with Gasteiger partial charge in [-0.05, 0) is 12.1 Å². The third-order valence-corrected chi connectivity index (χ3v) is 1.85. The Labute approximate surface area is 79.8 Å². The first-order chi connectivity index (χ1) is 6.81. The predicted molar refractivity (Wildman–Crippen MR) is 48.7 cm³/mol. The Morgan fingerprint density at radius 2 is 2.14 bits per heavy atom. The van der Waals surface area contributed by atoms with Crippen molar-refractivity contribution in [2.24, 2.45) is 0 Å². The molecular weight excluding hydrogens is 181 g/mol. The van der Waals surface area contributed by atoms with Crippen molar-refractivity contribution in [3.8, 4) is 17.3 Å². The van der Waals surface area contributed by atoms with Crippen LogP contribution in [0.4, 0.5) is 4.39 Å². The number of hydrogen-bond donors (Lipinski definition) is 1. The SMILES string of the molecule is N#Cc1ncc(-c2ccccc2F)[nH]1. The molecule has 0 spiro atoms. The monoisotopic (exact) mass is 187 g/mol. The maximum absolute atomic E-state index is 13.3. The van der Waals surface area contributed by atoms with Crippen LogP contribution in [0.3, 0.4) is 0 Å². The zero-order chi connectivity index (χ0) is 9.97. The van der Waals surface area contributed by atoms with E-state index in [1.165, 1.54) is 12.3 Å². The predicted octanol–water partition coefficient (Wildman–Crippen LogP) is 2.09. The Bertz CT molecular complexity index is 496. The van der Waals surface area contributed by atoms with Crippen molar-refractivity contribution in [1.82, 2.24) is 9.97 Å². The number of nitriles is 1. The van der Waals surface area contributed by atoms with E-state index in [0.717, 1.165) is 0 Å². The molecule has 1 heterocycles. The van der Waals surface area contributed by atoms with E-state index in [9.17, 15) is 4.39 Å². The zero-order valence-corrected chi connectivity index (χ0v) is 7.16. The lowest BCUT2D eigenvalue weighted by Crippen LogP contribution is -1.83. The number of aromatic nitrogens is 2. The molecule has 68 valence electrons. The van der Waals surface area contributed by atoms with Gasteiger partial charge in [0, 0.05) is 5.56 Å². The van der Waals surface area contributed by atoms with Crippen LogP contribution in [0, 0.1) is 17.1 Å². The highest BCUT2D eigenvalue weighted by Gasteiger charge is 2.06. The molecule has 0 radical (unpaired) electrons. The van der Waals surface area contributed by atoms with Gasteiger partial charge in [-0.3, -0.25) is 0 Å². The molecule has 1 aromatic heterocycles. The molecule has 0 saturated heterocycles. The van der Waals surface area contributed by atoms with E-state index in [1.807, 2.05) is 6.07 Å². The average Bonchev–Trinajstić information content (AvgIpc) is 2.67. The third-order valence-electron chi connectivity index (χ3n) is 1.85. The van der Waals surface area contributed by atoms with E-state index in [0.29, 0.717) is 11.3 Å². The Hall–Kier alpha value is -2.15. The van der Waals surface area contributed by atoms with Gasteiger partial charge in [-0.1, -0.05) is 12.1 Å². The molecule has 2 aromatic rings. The molecule has 0 aliphatic rings. The van der Waals surface area contributed by atoms with Crippen molar-refractivity contribution < 1.29 is 4.39 Å². The third kappa shape index (κ3) is 1.36. The summed E-state index contributed by atoms with van der Waals surface area (Å²) in [6, 6.07) is 8.18. The Morgan fingerprint density at radius 3 is 2.79 bits per heavy atom. The van der Waals surface area contributed by atoms with Crippen LogP contribution < -0.4 is 0 Å². The summed E-state index contributed by atoms with van der Waals surface area (Å²) in [7, 11) is 0. The zero-order valence-electron chi connectivity index (χ0n) is 7.16. The van der Waals surface area contributed by atoms with Crippen molar-refractivity contribution in [2.45, 2.75) is 0 Å². The number of H-pyrrole nitrogens is 1. The summed E-state index contributed by atoms with van der Waals surface area (Å²) in [5.41, 5.74) is 0.932. The fourth-order valence-electron chi connectivity index (χ4n) is 1.19. The minimum Gasteiger partial charge on any atom is -0.329 e. The van der Waals surface area contributed by atoms with E-state index < -0.39 is 0 Å². The second kappa shape index (κ2) is 3.30. The van der Waals surface area contributed by atoms with E-state index in [-0.39, 0.29) is 11.6 Å². The van der Waals surface area contributed by atoms with Crippen LogP contribution in [-0.2, 0) is 0 Å². The van der Waals surface area contributed by atoms with Crippen LogP contribution in [0.2, 0.25) is 0 Å². The quantitative estimate of drug-likeness (QED) is 0.743. The molecule has 1 aromatic carbocycles. The van der Waals surface area contributed by atoms with Crippen molar-refractivity contribution >= 4 is 0 Å². The molecule has 0 saturated carbocycles. The van der Waals surface area contributed by atoms with Gasteiger partial charge in [-0.15, -0.1) is 0 Å². The molecule has 14 heavy (non-hydrogen) atoms. The molecule has 0 fully saturated rings. The molecule has 0 amide bonds. The fraction of sp³-hybridized carbons (Fsp3) is 0. The highest BCUT2D eigenvalue weighted by Crippen LogP contribution is 2.19. The van der Waals surface area contributed by atoms with Crippen molar-refractivity contribution in [1.29, 1.82) is 5.26 Å². The normalized spacial score (nSPS) is 9.71. The topological polar surface area (TPSA) is 52.5 Å². The van der Waals surface area contributed by atoms with Gasteiger partial charge in [-0.25, -0.2) is 9.37 Å². The van der Waals surface area contributed by atoms with Gasteiger partial charge in [0.05, 0.1) is 11.9 Å². The Balaban J connectivity index is 2.51. The van der Waals surface area contributed by atoms with E-state index >= 15 is 0 Å². The standard InChI is InChI=1S/C10H6FN3/c11-8-4-2-1-3-7(8)9-6-13-10(5-12)14-9/h1-4,6H,(H,13,14). The van der Waals surface area contributed by atoms with Crippen molar-refractivity contribution in [3.05, 3.63) is 42.1 Å². The van der Waals surface area contributed by atoms with Gasteiger partial charge in [0.15, 0.2) is 0 Å². The smallest absolute Gasteiger partial charge is 0.210 e. The molecule has 0 aliphatic heterocycles. The summed E-state index contributed by atoms with van der Waals surface area (Å²) < 4.78 is 13.3. The molecule has 0 unspecified atom stereocenters. The lowest BCUT2D eigenvalue weighted by molar-refractivity contribution is 0.631. The summed E-state index contributed by atoms with van der Waals surface area (Å²) in [6.45, 7) is 0. The highest BCUT2D eigenvalue weighted by atomic mass is 19.1. The maximum atomic E-state index is 13.3. The van der Waals surface area contributed by atoms with Crippen LogP contribution in [0.25, 0.3) is 11.3 Å². The lowest BCUT2D eigenvalue weighted by atomic mass is 10.1. The molecular formula is C10H6FN3. The second-order valence-corrected chi connectivity index (χ2v) is 2.74. The van der Waals surface area contributed by atoms with E-state index in [1.54, 1.807) is 18.2 Å². The molecule has 0 bridgehead atoms. The number of rotatable bonds is 1. The van der Waals surface area contributed by atoms with Crippen molar-refractivity contribution in [2.75, 3.05) is 0 Å². The van der Waals surface area contributed by atoms with Crippen LogP contribution in [-0.4, -0.2) is 9.97 Å². The minimum absolute atomic E-state index is 0.184. The molecule has 2 rings (SSSR count). The number of halogens is 1. The number of hydrogen-bond acceptors (Lipinski definition) is 2. The van der Waals surface area contributed by atoms with Gasteiger partial charge < -0.3 is 4.98 Å². The molecule has 4 heteroatoms. The largest absolute Gasteiger partial charge is 0.329 e. The number of nitrogens with zero attached hydrogens (tertiary/aromatic N) is 2. The fourth-order valence-corrected chi connectivity index (χ4v) is 1.19. The first-order valence-corrected chi connectivity index (χ1v) is 4.01. The Morgan fingerprint density at radius 1 is 1.36 bits per heavy atom. The summed E-state index contributed by atoms with van der Waals surface area (Å²) in [5, 5.41) is 8.53. The summed E-state index contributed by atoms with van der Waals surface area (Å²) in [6.07, 6.45) is 1.44. The van der Waals surface area contributed by atoms with Gasteiger partial charge in [0.2, 0.25) is 5.82 Å². The highest BCUT2D eigenvalue weighted by molar-refractivity contribution is 5.59. The van der Waals surface area contributed by atoms with Crippen LogP contribution >= 0.6 is 0 Å². The number of aromatic amines is 1. The first-order valence-electron chi connectivity index (χ1n) is 4.01. The lowest BCUT2D eigenvalue weighted by Gasteiger charge is -1.97. The number of benzene rings is 1. The average molecular weight is 187 g/mol. The van der Waals surface area contributed by atoms with Crippen molar-refractivity contribution in [3.63, 3.8) is 0 Å². The molecule has 0 aliphatic carbocycles. The maximum Gasteiger partial charge on any atom is 0.210 e. The van der Waals surface area contributed by atoms with E-state index in [4.69, 9.17) is 5.26 Å². The molecule has 1 N–H and O–H groups in total. The summed E-state index contributed by atoms with van der Waals surface area (Å²) >= 11 is 0. The number of nitrogens with one attached hydrogen (secondary N) is 1. The minimum atomic E-state index is -0.333. The summed E-state index contributed by atoms with van der Waals surface area (Å²) in [4.78, 5) is 6.48.